The predicted molar refractivity (Wildman–Crippen MR) is 144 cm³/mol. The van der Waals surface area contributed by atoms with E-state index in [2.05, 4.69) is 10.3 Å². The van der Waals surface area contributed by atoms with Crippen LogP contribution >= 0.6 is 0 Å². The average Bonchev–Trinajstić information content (AvgIpc) is 3.56. The molecule has 0 saturated heterocycles. The molecule has 0 atom stereocenters. The smallest absolute Gasteiger partial charge is 0.339 e. The standard InChI is InChI=1S/C29H24F2N6O3/c1-2-40-16-12-21(30)20(22(31)13-16)15-37-25-9-4-3-6-18(25)26(36-37)28-34-23-8-5-7-17(23)27(35-28)33-24-10-11-32-14-19(24)29(38)39/h3-4,6,9-14H,2,5,7-8,15H2,1H3,(H,38,39)(H,32,33,34,35). The number of hydrogen-bond acceptors (Lipinski definition) is 7. The van der Waals surface area contributed by atoms with Gasteiger partial charge in [-0.05, 0) is 38.3 Å². The summed E-state index contributed by atoms with van der Waals surface area (Å²) in [4.78, 5) is 25.2. The number of anilines is 2. The van der Waals surface area contributed by atoms with Gasteiger partial charge in [-0.15, -0.1) is 0 Å². The zero-order chi connectivity index (χ0) is 27.8. The van der Waals surface area contributed by atoms with Gasteiger partial charge >= 0.3 is 5.97 Å². The molecular formula is C29H24F2N6O3. The van der Waals surface area contributed by atoms with E-state index in [-0.39, 0.29) is 23.4 Å². The second kappa shape index (κ2) is 10.3. The lowest BCUT2D eigenvalue weighted by Gasteiger charge is -2.13. The number of aromatic carboxylic acids is 1. The molecule has 1 aliphatic rings. The zero-order valence-corrected chi connectivity index (χ0v) is 21.5. The molecule has 0 bridgehead atoms. The van der Waals surface area contributed by atoms with E-state index in [0.29, 0.717) is 40.5 Å². The number of carbonyl (C=O) groups is 1. The van der Waals surface area contributed by atoms with Crippen molar-refractivity contribution in [3.05, 3.63) is 88.9 Å². The number of nitrogens with one attached hydrogen (secondary N) is 1. The monoisotopic (exact) mass is 542 g/mol. The fraction of sp³-hybridized carbons (Fsp3) is 0.207. The van der Waals surface area contributed by atoms with E-state index in [4.69, 9.17) is 19.8 Å². The Balaban J connectivity index is 1.44. The Labute approximate surface area is 227 Å². The third kappa shape index (κ3) is 4.59. The number of carboxylic acid groups (broad SMARTS) is 1. The minimum atomic E-state index is -1.11. The zero-order valence-electron chi connectivity index (χ0n) is 21.5. The van der Waals surface area contributed by atoms with Crippen LogP contribution in [0.1, 0.15) is 40.5 Å². The maximum absolute atomic E-state index is 14.9. The Morgan fingerprint density at radius 1 is 1.12 bits per heavy atom. The Morgan fingerprint density at radius 2 is 1.93 bits per heavy atom. The Hall–Kier alpha value is -4.93. The van der Waals surface area contributed by atoms with Gasteiger partial charge in [0.05, 0.1) is 24.4 Å². The van der Waals surface area contributed by atoms with Crippen molar-refractivity contribution in [1.82, 2.24) is 24.7 Å². The van der Waals surface area contributed by atoms with Gasteiger partial charge in [-0.1, -0.05) is 18.2 Å². The van der Waals surface area contributed by atoms with Gasteiger partial charge in [0.2, 0.25) is 0 Å². The lowest BCUT2D eigenvalue weighted by Crippen LogP contribution is -2.09. The van der Waals surface area contributed by atoms with Crippen LogP contribution < -0.4 is 10.1 Å². The molecule has 3 heterocycles. The minimum Gasteiger partial charge on any atom is -0.494 e. The molecule has 0 fully saturated rings. The van der Waals surface area contributed by atoms with Crippen LogP contribution in [-0.2, 0) is 19.4 Å². The highest BCUT2D eigenvalue weighted by atomic mass is 19.1. The van der Waals surface area contributed by atoms with Crippen molar-refractivity contribution in [2.75, 3.05) is 11.9 Å². The SMILES string of the molecule is CCOc1cc(F)c(Cn2nc(-c3nc4c(c(Nc5ccncc5C(=O)O)n3)CCC4)c3ccccc32)c(F)c1. The largest absolute Gasteiger partial charge is 0.494 e. The van der Waals surface area contributed by atoms with Crippen LogP contribution in [0, 0.1) is 11.6 Å². The van der Waals surface area contributed by atoms with Gasteiger partial charge in [-0.3, -0.25) is 9.67 Å². The highest BCUT2D eigenvalue weighted by Crippen LogP contribution is 2.34. The van der Waals surface area contributed by atoms with Gasteiger partial charge in [0.15, 0.2) is 5.82 Å². The van der Waals surface area contributed by atoms with Crippen LogP contribution in [0.3, 0.4) is 0 Å². The quantitative estimate of drug-likeness (QED) is 0.263. The van der Waals surface area contributed by atoms with Crippen LogP contribution in [0.25, 0.3) is 22.4 Å². The maximum Gasteiger partial charge on any atom is 0.339 e. The summed E-state index contributed by atoms with van der Waals surface area (Å²) >= 11 is 0. The topological polar surface area (TPSA) is 115 Å². The third-order valence-electron chi connectivity index (χ3n) is 6.84. The molecule has 0 saturated carbocycles. The van der Waals surface area contributed by atoms with Crippen molar-refractivity contribution in [3.8, 4) is 17.3 Å². The fourth-order valence-corrected chi connectivity index (χ4v) is 4.99. The van der Waals surface area contributed by atoms with E-state index in [9.17, 15) is 18.7 Å². The molecule has 202 valence electrons. The van der Waals surface area contributed by atoms with Crippen molar-refractivity contribution in [2.24, 2.45) is 0 Å². The molecule has 40 heavy (non-hydrogen) atoms. The molecule has 11 heteroatoms. The number of halogens is 2. The Morgan fingerprint density at radius 3 is 2.70 bits per heavy atom. The number of carboxylic acids is 1. The number of rotatable bonds is 8. The summed E-state index contributed by atoms with van der Waals surface area (Å²) < 4.78 is 36.6. The normalized spacial score (nSPS) is 12.5. The lowest BCUT2D eigenvalue weighted by atomic mass is 10.1. The molecule has 0 aliphatic heterocycles. The predicted octanol–water partition coefficient (Wildman–Crippen LogP) is 5.54. The van der Waals surface area contributed by atoms with Crippen molar-refractivity contribution < 1.29 is 23.4 Å². The van der Waals surface area contributed by atoms with Crippen molar-refractivity contribution in [1.29, 1.82) is 0 Å². The summed E-state index contributed by atoms with van der Waals surface area (Å²) in [6.45, 7) is 1.88. The summed E-state index contributed by atoms with van der Waals surface area (Å²) in [5.41, 5.74) is 3.11. The number of pyridine rings is 1. The van der Waals surface area contributed by atoms with E-state index in [1.54, 1.807) is 13.0 Å². The average molecular weight is 543 g/mol. The summed E-state index contributed by atoms with van der Waals surface area (Å²) in [7, 11) is 0. The van der Waals surface area contributed by atoms with Crippen molar-refractivity contribution >= 4 is 28.4 Å². The molecule has 0 unspecified atom stereocenters. The number of hydrogen-bond donors (Lipinski definition) is 2. The number of para-hydroxylation sites is 1. The van der Waals surface area contributed by atoms with Crippen LogP contribution in [-0.4, -0.2) is 42.4 Å². The molecule has 2 N–H and O–H groups in total. The second-order valence-corrected chi connectivity index (χ2v) is 9.35. The van der Waals surface area contributed by atoms with Gasteiger partial charge < -0.3 is 15.2 Å². The molecule has 2 aromatic carbocycles. The van der Waals surface area contributed by atoms with Crippen LogP contribution in [0.2, 0.25) is 0 Å². The molecule has 0 spiro atoms. The lowest BCUT2D eigenvalue weighted by molar-refractivity contribution is 0.0697. The molecule has 5 aromatic rings. The minimum absolute atomic E-state index is 0.0172. The number of nitrogens with zero attached hydrogens (tertiary/aromatic N) is 5. The van der Waals surface area contributed by atoms with Crippen LogP contribution in [0.4, 0.5) is 20.3 Å². The van der Waals surface area contributed by atoms with Crippen LogP contribution in [0.15, 0.2) is 54.9 Å². The number of fused-ring (bicyclic) bond motifs is 2. The second-order valence-electron chi connectivity index (χ2n) is 9.35. The first-order valence-corrected chi connectivity index (χ1v) is 12.8. The number of benzene rings is 2. The highest BCUT2D eigenvalue weighted by Gasteiger charge is 2.24. The van der Waals surface area contributed by atoms with Gasteiger partial charge in [0, 0.05) is 46.7 Å². The molecule has 3 aromatic heterocycles. The fourth-order valence-electron chi connectivity index (χ4n) is 4.99. The van der Waals surface area contributed by atoms with E-state index in [0.717, 1.165) is 30.5 Å². The van der Waals surface area contributed by atoms with E-state index in [1.165, 1.54) is 29.2 Å². The number of aryl methyl sites for hydroxylation is 1. The summed E-state index contributed by atoms with van der Waals surface area (Å²) in [6, 6.07) is 11.3. The van der Waals surface area contributed by atoms with Gasteiger partial charge in [-0.2, -0.15) is 5.10 Å². The van der Waals surface area contributed by atoms with E-state index >= 15 is 0 Å². The first kappa shape index (κ1) is 25.4. The van der Waals surface area contributed by atoms with Gasteiger partial charge in [0.1, 0.15) is 34.5 Å². The summed E-state index contributed by atoms with van der Waals surface area (Å²) in [5.74, 6) is -1.61. The molecule has 0 radical (unpaired) electrons. The van der Waals surface area contributed by atoms with Crippen LogP contribution in [0.5, 0.6) is 5.75 Å². The summed E-state index contributed by atoms with van der Waals surface area (Å²) in [5, 5.41) is 18.2. The molecular weight excluding hydrogens is 518 g/mol. The first-order chi connectivity index (χ1) is 19.4. The number of aromatic nitrogens is 5. The van der Waals surface area contributed by atoms with Gasteiger partial charge in [0.25, 0.3) is 0 Å². The van der Waals surface area contributed by atoms with E-state index in [1.807, 2.05) is 24.3 Å². The number of ether oxygens (including phenoxy) is 1. The Bertz CT molecular complexity index is 1750. The molecule has 0 amide bonds. The highest BCUT2D eigenvalue weighted by molar-refractivity contribution is 5.95. The van der Waals surface area contributed by atoms with Gasteiger partial charge in [-0.25, -0.2) is 23.5 Å². The third-order valence-corrected chi connectivity index (χ3v) is 6.84. The molecule has 6 rings (SSSR count). The summed E-state index contributed by atoms with van der Waals surface area (Å²) in [6.07, 6.45) is 5.16. The van der Waals surface area contributed by atoms with Crippen molar-refractivity contribution in [2.45, 2.75) is 32.7 Å². The maximum atomic E-state index is 14.9. The molecule has 1 aliphatic carbocycles. The molecule has 9 nitrogen and oxygen atoms in total. The first-order valence-electron chi connectivity index (χ1n) is 12.8. The Kier molecular flexibility index (Phi) is 6.54. The van der Waals surface area contributed by atoms with Crippen molar-refractivity contribution in [3.63, 3.8) is 0 Å². The van der Waals surface area contributed by atoms with E-state index < -0.39 is 17.6 Å².